The van der Waals surface area contributed by atoms with Crippen LogP contribution in [0.25, 0.3) is 0 Å². The maximum atomic E-state index is 14.0. The molecule has 39 heavy (non-hydrogen) atoms. The molecule has 0 radical (unpaired) electrons. The molecular formula is C28H38N4O7. The van der Waals surface area contributed by atoms with Crippen molar-refractivity contribution in [3.63, 3.8) is 0 Å². The molecule has 3 aliphatic carbocycles. The lowest BCUT2D eigenvalue weighted by molar-refractivity contribution is -0.181. The molecule has 0 aliphatic heterocycles. The Hall–Kier alpha value is -3.15. The summed E-state index contributed by atoms with van der Waals surface area (Å²) in [5.41, 5.74) is 4.12. The molecule has 0 saturated heterocycles. The van der Waals surface area contributed by atoms with E-state index in [9.17, 15) is 34.2 Å². The van der Waals surface area contributed by atoms with Gasteiger partial charge in [0.15, 0.2) is 34.7 Å². The summed E-state index contributed by atoms with van der Waals surface area (Å²) in [5.74, 6) is -10.4. The number of hydrogen-bond donors (Lipinski definition) is 4. The van der Waals surface area contributed by atoms with Gasteiger partial charge in [0.2, 0.25) is 5.91 Å². The highest BCUT2D eigenvalue weighted by Crippen LogP contribution is 2.52. The standard InChI is InChI=1S/C28H38N4O7/c1-27(2,3)30-11-13-10-16(31(4)5)14-8-12-9-15-20(32(6)7)23(35)19(26(29)38)25(37)28(15,39)24(36)17(12)22(34)18(14)21(13)33/h10,12,15,17,19-20,30,33,39H,8-9,11H2,1-7H3,(H2,29,38)/t12-,15-,17?,19?,20-,28-/m0/s1. The number of phenolic OH excluding ortho intramolecular Hbond substituents is 1. The summed E-state index contributed by atoms with van der Waals surface area (Å²) in [5, 5.41) is 26.3. The fourth-order valence-corrected chi connectivity index (χ4v) is 6.60. The Bertz CT molecular complexity index is 1280. The molecule has 0 bridgehead atoms. The third-order valence-corrected chi connectivity index (χ3v) is 8.41. The Morgan fingerprint density at radius 3 is 2.26 bits per heavy atom. The van der Waals surface area contributed by atoms with Gasteiger partial charge >= 0.3 is 0 Å². The number of likely N-dealkylation sites (N-methyl/N-ethyl adjacent to an activating group) is 1. The van der Waals surface area contributed by atoms with Crippen LogP contribution in [0.4, 0.5) is 5.69 Å². The summed E-state index contributed by atoms with van der Waals surface area (Å²) in [6, 6.07) is 0.689. The zero-order valence-electron chi connectivity index (χ0n) is 23.5. The Balaban J connectivity index is 1.87. The van der Waals surface area contributed by atoms with Crippen molar-refractivity contribution in [2.45, 2.75) is 57.3 Å². The van der Waals surface area contributed by atoms with E-state index in [4.69, 9.17) is 5.73 Å². The third-order valence-electron chi connectivity index (χ3n) is 8.41. The number of carbonyl (C=O) groups excluding carboxylic acids is 5. The lowest BCUT2D eigenvalue weighted by atomic mass is 9.52. The number of hydrogen-bond acceptors (Lipinski definition) is 10. The fraction of sp³-hybridized carbons (Fsp3) is 0.607. The van der Waals surface area contributed by atoms with Crippen LogP contribution in [0, 0.1) is 23.7 Å². The average molecular weight is 543 g/mol. The van der Waals surface area contributed by atoms with E-state index < -0.39 is 64.4 Å². The molecule has 2 saturated carbocycles. The SMILES string of the molecule is CN(C)c1cc(CNC(C)(C)C)c(O)c2c1C[C@H]1C[C@H]3[C@H](N(C)C)C(=O)C(C(N)=O)C(=O)[C@@]3(O)C(=O)C1C2=O. The summed E-state index contributed by atoms with van der Waals surface area (Å²) >= 11 is 0. The second-order valence-electron chi connectivity index (χ2n) is 12.5. The number of ketones is 4. The van der Waals surface area contributed by atoms with Crippen molar-refractivity contribution in [2.75, 3.05) is 33.1 Å². The zero-order chi connectivity index (χ0) is 29.4. The predicted molar refractivity (Wildman–Crippen MR) is 142 cm³/mol. The van der Waals surface area contributed by atoms with Crippen LogP contribution in [-0.2, 0) is 32.1 Å². The van der Waals surface area contributed by atoms with Crippen molar-refractivity contribution in [1.29, 1.82) is 0 Å². The number of aliphatic hydroxyl groups is 1. The Morgan fingerprint density at radius 2 is 1.74 bits per heavy atom. The van der Waals surface area contributed by atoms with Crippen LogP contribution in [0.5, 0.6) is 5.75 Å². The van der Waals surface area contributed by atoms with Gasteiger partial charge in [-0.3, -0.25) is 28.9 Å². The molecule has 1 aromatic carbocycles. The normalized spacial score (nSPS) is 30.6. The number of nitrogens with two attached hydrogens (primary N) is 1. The van der Waals surface area contributed by atoms with E-state index in [0.29, 0.717) is 16.8 Å². The van der Waals surface area contributed by atoms with Crippen LogP contribution in [0.2, 0.25) is 0 Å². The molecule has 0 spiro atoms. The quantitative estimate of drug-likeness (QED) is 0.366. The van der Waals surface area contributed by atoms with Crippen LogP contribution in [-0.4, -0.2) is 89.5 Å². The largest absolute Gasteiger partial charge is 0.507 e. The second kappa shape index (κ2) is 9.50. The molecule has 3 aliphatic rings. The topological polar surface area (TPSA) is 170 Å². The average Bonchev–Trinajstić information content (AvgIpc) is 2.79. The van der Waals surface area contributed by atoms with Crippen molar-refractivity contribution in [2.24, 2.45) is 29.4 Å². The molecule has 212 valence electrons. The van der Waals surface area contributed by atoms with Gasteiger partial charge in [0, 0.05) is 43.3 Å². The van der Waals surface area contributed by atoms with Crippen molar-refractivity contribution >= 4 is 34.7 Å². The first-order valence-electron chi connectivity index (χ1n) is 13.1. The first-order chi connectivity index (χ1) is 17.9. The number of carbonyl (C=O) groups is 5. The molecule has 4 rings (SSSR count). The minimum atomic E-state index is -2.73. The number of primary amides is 1. The molecule has 11 nitrogen and oxygen atoms in total. The first-order valence-corrected chi connectivity index (χ1v) is 13.1. The van der Waals surface area contributed by atoms with Gasteiger partial charge in [0.1, 0.15) is 5.75 Å². The van der Waals surface area contributed by atoms with Gasteiger partial charge < -0.3 is 26.2 Å². The third kappa shape index (κ3) is 4.36. The van der Waals surface area contributed by atoms with Crippen molar-refractivity contribution in [1.82, 2.24) is 10.2 Å². The van der Waals surface area contributed by atoms with Crippen LogP contribution in [0.15, 0.2) is 6.07 Å². The number of amides is 1. The number of benzene rings is 1. The minimum Gasteiger partial charge on any atom is -0.507 e. The molecule has 5 N–H and O–H groups in total. The van der Waals surface area contributed by atoms with Gasteiger partial charge in [0.05, 0.1) is 17.5 Å². The molecule has 2 fully saturated rings. The number of nitrogens with one attached hydrogen (secondary N) is 1. The zero-order valence-corrected chi connectivity index (χ0v) is 23.5. The van der Waals surface area contributed by atoms with E-state index in [-0.39, 0.29) is 36.2 Å². The van der Waals surface area contributed by atoms with E-state index in [2.05, 4.69) is 5.32 Å². The smallest absolute Gasteiger partial charge is 0.235 e. The Kier molecular flexibility index (Phi) is 7.02. The lowest BCUT2D eigenvalue weighted by Gasteiger charge is -2.52. The fourth-order valence-electron chi connectivity index (χ4n) is 6.60. The molecular weight excluding hydrogens is 504 g/mol. The van der Waals surface area contributed by atoms with Gasteiger partial charge in [-0.25, -0.2) is 0 Å². The van der Waals surface area contributed by atoms with Gasteiger partial charge in [-0.2, -0.15) is 0 Å². The maximum absolute atomic E-state index is 14.0. The molecule has 0 aromatic heterocycles. The predicted octanol–water partition coefficient (Wildman–Crippen LogP) is -0.179. The Labute approximate surface area is 227 Å². The molecule has 6 atom stereocenters. The second-order valence-corrected chi connectivity index (χ2v) is 12.5. The number of Topliss-reactive ketones (excluding diaryl/α,β-unsaturated/α-hetero) is 4. The highest BCUT2D eigenvalue weighted by Gasteiger charge is 2.69. The number of fused-ring (bicyclic) bond motifs is 3. The van der Waals surface area contributed by atoms with Gasteiger partial charge in [-0.1, -0.05) is 0 Å². The van der Waals surface area contributed by atoms with Gasteiger partial charge in [-0.05, 0) is 65.3 Å². The molecule has 0 heterocycles. The summed E-state index contributed by atoms with van der Waals surface area (Å²) in [7, 11) is 6.76. The van der Waals surface area contributed by atoms with E-state index in [1.165, 1.54) is 4.90 Å². The van der Waals surface area contributed by atoms with Crippen LogP contribution >= 0.6 is 0 Å². The van der Waals surface area contributed by atoms with Crippen molar-refractivity contribution in [3.8, 4) is 5.75 Å². The number of phenols is 1. The summed E-state index contributed by atoms with van der Waals surface area (Å²) < 4.78 is 0. The lowest BCUT2D eigenvalue weighted by Crippen LogP contribution is -2.74. The Morgan fingerprint density at radius 1 is 1.13 bits per heavy atom. The van der Waals surface area contributed by atoms with E-state index in [0.717, 1.165) is 0 Å². The number of anilines is 1. The van der Waals surface area contributed by atoms with Crippen LogP contribution in [0.1, 0.15) is 48.7 Å². The minimum absolute atomic E-state index is 0.00138. The summed E-state index contributed by atoms with van der Waals surface area (Å²) in [6.45, 7) is 6.16. The van der Waals surface area contributed by atoms with Gasteiger partial charge in [0.25, 0.3) is 0 Å². The van der Waals surface area contributed by atoms with E-state index >= 15 is 0 Å². The number of nitrogens with zero attached hydrogens (tertiary/aromatic N) is 2. The van der Waals surface area contributed by atoms with Crippen molar-refractivity contribution in [3.05, 3.63) is 22.8 Å². The van der Waals surface area contributed by atoms with Crippen LogP contribution < -0.4 is 16.0 Å². The van der Waals surface area contributed by atoms with E-state index in [1.54, 1.807) is 14.1 Å². The first kappa shape index (κ1) is 28.8. The highest BCUT2D eigenvalue weighted by atomic mass is 16.3. The number of aromatic hydroxyl groups is 1. The summed E-state index contributed by atoms with van der Waals surface area (Å²) in [4.78, 5) is 70.0. The van der Waals surface area contributed by atoms with Crippen molar-refractivity contribution < 1.29 is 34.2 Å². The summed E-state index contributed by atoms with van der Waals surface area (Å²) in [6.07, 6.45) is 0.241. The monoisotopic (exact) mass is 542 g/mol. The van der Waals surface area contributed by atoms with Gasteiger partial charge in [-0.15, -0.1) is 0 Å². The molecule has 2 unspecified atom stereocenters. The molecule has 11 heteroatoms. The van der Waals surface area contributed by atoms with Crippen LogP contribution in [0.3, 0.4) is 0 Å². The maximum Gasteiger partial charge on any atom is 0.235 e. The highest BCUT2D eigenvalue weighted by molar-refractivity contribution is 6.32. The molecule has 1 aromatic rings. The number of rotatable bonds is 5. The molecule has 1 amide bonds. The van der Waals surface area contributed by atoms with E-state index in [1.807, 2.05) is 45.8 Å².